The molecule has 0 radical (unpaired) electrons. The van der Waals surface area contributed by atoms with Gasteiger partial charge in [0.25, 0.3) is 0 Å². The lowest BCUT2D eigenvalue weighted by Crippen LogP contribution is -2.32. The van der Waals surface area contributed by atoms with Crippen LogP contribution in [0.4, 0.5) is 10.3 Å². The molecule has 0 fully saturated rings. The van der Waals surface area contributed by atoms with Crippen LogP contribution in [0.15, 0.2) is 77.9 Å². The van der Waals surface area contributed by atoms with Gasteiger partial charge in [0.2, 0.25) is 5.95 Å². The first kappa shape index (κ1) is 16.5. The second-order valence-corrected chi connectivity index (χ2v) is 7.90. The molecule has 2 aliphatic heterocycles. The smallest absolute Gasteiger partial charge is 0.226 e. The maximum absolute atomic E-state index is 15.0. The molecule has 0 saturated carbocycles. The number of thiophene rings is 1. The third kappa shape index (κ3) is 2.44. The first-order valence-corrected chi connectivity index (χ1v) is 10.1. The molecular formula is C22H15FN4OS. The van der Waals surface area contributed by atoms with Gasteiger partial charge in [-0.2, -0.15) is 10.1 Å². The quantitative estimate of drug-likeness (QED) is 0.510. The monoisotopic (exact) mass is 402 g/mol. The largest absolute Gasteiger partial charge is 0.480 e. The van der Waals surface area contributed by atoms with Crippen LogP contribution in [0.25, 0.3) is 5.70 Å². The van der Waals surface area contributed by atoms with Crippen molar-refractivity contribution in [2.45, 2.75) is 12.1 Å². The molecule has 5 nitrogen and oxygen atoms in total. The SMILES string of the molecule is Fc1ccccc1[C@H]1C2=C(Nc3ncnn31)c1ccccc1O[C@@H]2c1cccs1. The van der Waals surface area contributed by atoms with Crippen molar-refractivity contribution in [1.29, 1.82) is 0 Å². The maximum Gasteiger partial charge on any atom is 0.226 e. The second-order valence-electron chi connectivity index (χ2n) is 6.92. The van der Waals surface area contributed by atoms with E-state index in [1.54, 1.807) is 28.2 Å². The van der Waals surface area contributed by atoms with Crippen LogP contribution in [0.1, 0.15) is 28.1 Å². The van der Waals surface area contributed by atoms with Gasteiger partial charge in [-0.05, 0) is 29.6 Å². The summed E-state index contributed by atoms with van der Waals surface area (Å²) in [5, 5.41) is 9.85. The molecule has 4 aromatic rings. The molecule has 4 heterocycles. The van der Waals surface area contributed by atoms with Crippen LogP contribution in [0, 0.1) is 5.82 Å². The lowest BCUT2D eigenvalue weighted by atomic mass is 9.86. The van der Waals surface area contributed by atoms with E-state index in [2.05, 4.69) is 15.4 Å². The summed E-state index contributed by atoms with van der Waals surface area (Å²) in [7, 11) is 0. The number of fused-ring (bicyclic) bond motifs is 3. The summed E-state index contributed by atoms with van der Waals surface area (Å²) in [6, 6.07) is 18.3. The van der Waals surface area contributed by atoms with Crippen LogP contribution in [0.2, 0.25) is 0 Å². The van der Waals surface area contributed by atoms with E-state index in [9.17, 15) is 4.39 Å². The molecule has 29 heavy (non-hydrogen) atoms. The second kappa shape index (κ2) is 6.28. The van der Waals surface area contributed by atoms with Gasteiger partial charge >= 0.3 is 0 Å². The fourth-order valence-corrected chi connectivity index (χ4v) is 4.86. The van der Waals surface area contributed by atoms with Gasteiger partial charge in [-0.25, -0.2) is 9.07 Å². The Labute approximate surface area is 170 Å². The lowest BCUT2D eigenvalue weighted by molar-refractivity contribution is 0.226. The van der Waals surface area contributed by atoms with Crippen molar-refractivity contribution in [1.82, 2.24) is 14.8 Å². The van der Waals surface area contributed by atoms with Gasteiger partial charge in [-0.3, -0.25) is 0 Å². The van der Waals surface area contributed by atoms with E-state index in [4.69, 9.17) is 4.74 Å². The number of aromatic nitrogens is 3. The zero-order valence-electron chi connectivity index (χ0n) is 15.1. The standard InChI is InChI=1S/C22H15FN4OS/c23-15-8-3-1-6-13(15)20-18-19(26-22-24-12-25-27(20)22)14-7-2-4-9-16(14)28-21(18)17-10-5-11-29-17/h1-12,20-21H,(H,24,25,26)/t20-,21+/m0/s1. The van der Waals surface area contributed by atoms with Crippen molar-refractivity contribution in [3.05, 3.63) is 99.8 Å². The molecule has 1 N–H and O–H groups in total. The summed E-state index contributed by atoms with van der Waals surface area (Å²) in [5.74, 6) is 1.09. The minimum atomic E-state index is -0.467. The minimum Gasteiger partial charge on any atom is -0.480 e. The average molecular weight is 402 g/mol. The third-order valence-electron chi connectivity index (χ3n) is 5.32. The Morgan fingerprint density at radius 3 is 2.76 bits per heavy atom. The minimum absolute atomic E-state index is 0.281. The Bertz CT molecular complexity index is 1250. The predicted molar refractivity (Wildman–Crippen MR) is 109 cm³/mol. The van der Waals surface area contributed by atoms with Gasteiger partial charge in [0.15, 0.2) is 6.10 Å². The van der Waals surface area contributed by atoms with Crippen LogP contribution < -0.4 is 10.1 Å². The van der Waals surface area contributed by atoms with Gasteiger partial charge < -0.3 is 10.1 Å². The molecule has 7 heteroatoms. The van der Waals surface area contributed by atoms with Crippen LogP contribution in [-0.4, -0.2) is 14.8 Å². The molecule has 0 spiro atoms. The molecule has 2 aromatic carbocycles. The van der Waals surface area contributed by atoms with Crippen LogP contribution >= 0.6 is 11.3 Å². The van der Waals surface area contributed by atoms with E-state index < -0.39 is 6.04 Å². The van der Waals surface area contributed by atoms with Gasteiger partial charge in [0.1, 0.15) is 23.9 Å². The number of nitrogens with one attached hydrogen (secondary N) is 1. The predicted octanol–water partition coefficient (Wildman–Crippen LogP) is 5.04. The van der Waals surface area contributed by atoms with Crippen molar-refractivity contribution >= 4 is 23.0 Å². The topological polar surface area (TPSA) is 52.0 Å². The van der Waals surface area contributed by atoms with Crippen molar-refractivity contribution in [2.75, 3.05) is 5.32 Å². The molecular weight excluding hydrogens is 387 g/mol. The number of ether oxygens (including phenoxy) is 1. The van der Waals surface area contributed by atoms with Crippen molar-refractivity contribution in [3.63, 3.8) is 0 Å². The Morgan fingerprint density at radius 2 is 1.90 bits per heavy atom. The van der Waals surface area contributed by atoms with Gasteiger partial charge in [0.05, 0.1) is 5.70 Å². The van der Waals surface area contributed by atoms with E-state index in [1.807, 2.05) is 47.8 Å². The van der Waals surface area contributed by atoms with E-state index in [1.165, 1.54) is 12.4 Å². The number of benzene rings is 2. The molecule has 2 aliphatic rings. The number of rotatable bonds is 2. The van der Waals surface area contributed by atoms with Crippen LogP contribution in [-0.2, 0) is 0 Å². The van der Waals surface area contributed by atoms with E-state index in [0.29, 0.717) is 11.5 Å². The highest BCUT2D eigenvalue weighted by Crippen LogP contribution is 2.51. The van der Waals surface area contributed by atoms with Crippen molar-refractivity contribution < 1.29 is 9.13 Å². The van der Waals surface area contributed by atoms with Gasteiger partial charge in [0, 0.05) is 21.6 Å². The summed E-state index contributed by atoms with van der Waals surface area (Å²) in [6.45, 7) is 0. The number of anilines is 1. The van der Waals surface area contributed by atoms with Crippen molar-refractivity contribution in [2.24, 2.45) is 0 Å². The Hall–Kier alpha value is -3.45. The zero-order valence-corrected chi connectivity index (χ0v) is 15.9. The van der Waals surface area contributed by atoms with E-state index in [-0.39, 0.29) is 11.9 Å². The molecule has 142 valence electrons. The maximum atomic E-state index is 15.0. The van der Waals surface area contributed by atoms with E-state index >= 15 is 0 Å². The molecule has 6 rings (SSSR count). The molecule has 0 amide bonds. The van der Waals surface area contributed by atoms with E-state index in [0.717, 1.165) is 27.5 Å². The molecule has 0 saturated heterocycles. The number of hydrogen-bond donors (Lipinski definition) is 1. The number of nitrogens with zero attached hydrogens (tertiary/aromatic N) is 3. The molecule has 2 atom stereocenters. The Morgan fingerprint density at radius 1 is 1.03 bits per heavy atom. The number of para-hydroxylation sites is 1. The highest BCUT2D eigenvalue weighted by Gasteiger charge is 2.41. The lowest BCUT2D eigenvalue weighted by Gasteiger charge is -2.38. The number of halogens is 1. The first-order chi connectivity index (χ1) is 14.3. The zero-order chi connectivity index (χ0) is 19.4. The first-order valence-electron chi connectivity index (χ1n) is 9.26. The summed E-state index contributed by atoms with van der Waals surface area (Å²) < 4.78 is 23.1. The summed E-state index contributed by atoms with van der Waals surface area (Å²) in [5.41, 5.74) is 3.30. The third-order valence-corrected chi connectivity index (χ3v) is 6.24. The molecule has 2 aromatic heterocycles. The molecule has 0 aliphatic carbocycles. The number of hydrogen-bond acceptors (Lipinski definition) is 5. The molecule has 0 bridgehead atoms. The summed E-state index contributed by atoms with van der Waals surface area (Å²) in [6.07, 6.45) is 1.14. The highest BCUT2D eigenvalue weighted by atomic mass is 32.1. The van der Waals surface area contributed by atoms with Crippen LogP contribution in [0.3, 0.4) is 0 Å². The highest BCUT2D eigenvalue weighted by molar-refractivity contribution is 7.10. The molecule has 0 unspecified atom stereocenters. The normalized spacial score (nSPS) is 19.6. The average Bonchev–Trinajstić information content (AvgIpc) is 3.44. The Balaban J connectivity index is 1.66. The fourth-order valence-electron chi connectivity index (χ4n) is 4.09. The summed E-state index contributed by atoms with van der Waals surface area (Å²) in [4.78, 5) is 5.41. The fraction of sp³-hybridized carbons (Fsp3) is 0.0909. The summed E-state index contributed by atoms with van der Waals surface area (Å²) >= 11 is 1.62. The van der Waals surface area contributed by atoms with Gasteiger partial charge in [-0.15, -0.1) is 11.3 Å². The van der Waals surface area contributed by atoms with Gasteiger partial charge in [-0.1, -0.05) is 36.4 Å². The van der Waals surface area contributed by atoms with Crippen molar-refractivity contribution in [3.8, 4) is 5.75 Å². The van der Waals surface area contributed by atoms with Crippen LogP contribution in [0.5, 0.6) is 5.75 Å². The Kier molecular flexibility index (Phi) is 3.57.